The average molecular weight is 285 g/mol. The van der Waals surface area contributed by atoms with Gasteiger partial charge in [-0.15, -0.1) is 0 Å². The second-order valence-corrected chi connectivity index (χ2v) is 5.85. The number of hydrogen-bond acceptors (Lipinski definition) is 2. The summed E-state index contributed by atoms with van der Waals surface area (Å²) in [7, 11) is 0. The molecule has 0 bridgehead atoms. The van der Waals surface area contributed by atoms with E-state index < -0.39 is 0 Å². The smallest absolute Gasteiger partial charge is 0.223 e. The molecule has 1 saturated heterocycles. The van der Waals surface area contributed by atoms with E-state index >= 15 is 0 Å². The quantitative estimate of drug-likeness (QED) is 0.850. The summed E-state index contributed by atoms with van der Waals surface area (Å²) in [5.41, 5.74) is 1.19. The van der Waals surface area contributed by atoms with Gasteiger partial charge in [-0.05, 0) is 31.2 Å². The van der Waals surface area contributed by atoms with Crippen LogP contribution in [0.15, 0.2) is 36.4 Å². The van der Waals surface area contributed by atoms with Crippen molar-refractivity contribution in [3.05, 3.63) is 42.0 Å². The Bertz CT molecular complexity index is 497. The predicted molar refractivity (Wildman–Crippen MR) is 83.8 cm³/mol. The summed E-state index contributed by atoms with van der Waals surface area (Å²) in [4.78, 5) is 14.5. The molecule has 21 heavy (non-hydrogen) atoms. The zero-order chi connectivity index (χ0) is 14.5. The highest BCUT2D eigenvalue weighted by Gasteiger charge is 2.37. The van der Waals surface area contributed by atoms with Gasteiger partial charge in [-0.3, -0.25) is 4.79 Å². The summed E-state index contributed by atoms with van der Waals surface area (Å²) < 4.78 is 5.76. The van der Waals surface area contributed by atoms with Crippen LogP contribution in [0.5, 0.6) is 0 Å². The van der Waals surface area contributed by atoms with Crippen LogP contribution in [0.1, 0.15) is 37.7 Å². The monoisotopic (exact) mass is 285 g/mol. The van der Waals surface area contributed by atoms with E-state index in [1.165, 1.54) is 12.0 Å². The Hall–Kier alpha value is -1.61. The van der Waals surface area contributed by atoms with Gasteiger partial charge in [0.05, 0.1) is 18.8 Å². The summed E-state index contributed by atoms with van der Waals surface area (Å²) in [6.45, 7) is 1.47. The molecular formula is C18H23NO2. The Morgan fingerprint density at radius 1 is 1.29 bits per heavy atom. The van der Waals surface area contributed by atoms with Crippen molar-refractivity contribution in [2.45, 2.75) is 44.2 Å². The lowest BCUT2D eigenvalue weighted by molar-refractivity contribution is -0.143. The lowest BCUT2D eigenvalue weighted by Crippen LogP contribution is -2.51. The lowest BCUT2D eigenvalue weighted by atomic mass is 10.1. The van der Waals surface area contributed by atoms with Gasteiger partial charge in [0.1, 0.15) is 0 Å². The van der Waals surface area contributed by atoms with Crippen LogP contribution in [0.25, 0.3) is 6.08 Å². The van der Waals surface area contributed by atoms with E-state index in [2.05, 4.69) is 29.2 Å². The van der Waals surface area contributed by atoms with Crippen LogP contribution in [0.3, 0.4) is 0 Å². The average Bonchev–Trinajstić information content (AvgIpc) is 3.01. The normalized spacial score (nSPS) is 25.2. The molecule has 1 aliphatic heterocycles. The molecule has 3 heteroatoms. The standard InChI is InChI=1S/C18H23NO2/c20-18(12-5-4-9-15-7-2-1-3-8-15)19-13-14-21-17-11-6-10-16(17)19/h1-4,7-9,16-17H,5-6,10-14H2/b9-4+/t16-,17-/m1/s1. The molecule has 112 valence electrons. The van der Waals surface area contributed by atoms with Crippen LogP contribution >= 0.6 is 0 Å². The molecule has 1 amide bonds. The number of morpholine rings is 1. The first-order valence-electron chi connectivity index (χ1n) is 7.97. The number of benzene rings is 1. The molecule has 2 fully saturated rings. The second kappa shape index (κ2) is 6.90. The molecule has 0 spiro atoms. The Kier molecular flexibility index (Phi) is 4.71. The Morgan fingerprint density at radius 2 is 2.14 bits per heavy atom. The summed E-state index contributed by atoms with van der Waals surface area (Å²) >= 11 is 0. The van der Waals surface area contributed by atoms with Crippen LogP contribution in [0, 0.1) is 0 Å². The first-order chi connectivity index (χ1) is 10.3. The predicted octanol–water partition coefficient (Wildman–Crippen LogP) is 3.26. The van der Waals surface area contributed by atoms with Gasteiger partial charge in [-0.2, -0.15) is 0 Å². The fourth-order valence-corrected chi connectivity index (χ4v) is 3.37. The molecule has 0 N–H and O–H groups in total. The van der Waals surface area contributed by atoms with Gasteiger partial charge in [-0.25, -0.2) is 0 Å². The molecule has 1 aliphatic carbocycles. The first-order valence-corrected chi connectivity index (χ1v) is 7.97. The molecular weight excluding hydrogens is 262 g/mol. The van der Waals surface area contributed by atoms with E-state index in [4.69, 9.17) is 4.74 Å². The number of ether oxygens (including phenoxy) is 1. The number of rotatable bonds is 4. The number of carbonyl (C=O) groups is 1. The van der Waals surface area contributed by atoms with Crippen molar-refractivity contribution in [3.8, 4) is 0 Å². The van der Waals surface area contributed by atoms with Gasteiger partial charge < -0.3 is 9.64 Å². The molecule has 3 rings (SSSR count). The maximum Gasteiger partial charge on any atom is 0.223 e. The van der Waals surface area contributed by atoms with Crippen molar-refractivity contribution in [3.63, 3.8) is 0 Å². The molecule has 0 aromatic heterocycles. The van der Waals surface area contributed by atoms with Gasteiger partial charge in [0.15, 0.2) is 0 Å². The van der Waals surface area contributed by atoms with E-state index in [1.54, 1.807) is 0 Å². The van der Waals surface area contributed by atoms with Gasteiger partial charge in [-0.1, -0.05) is 42.5 Å². The first kappa shape index (κ1) is 14.3. The molecule has 1 saturated carbocycles. The van der Waals surface area contributed by atoms with E-state index in [-0.39, 0.29) is 5.91 Å². The third kappa shape index (κ3) is 3.53. The fourth-order valence-electron chi connectivity index (χ4n) is 3.37. The number of fused-ring (bicyclic) bond motifs is 1. The lowest BCUT2D eigenvalue weighted by Gasteiger charge is -2.37. The zero-order valence-corrected chi connectivity index (χ0v) is 12.4. The van der Waals surface area contributed by atoms with Gasteiger partial charge >= 0.3 is 0 Å². The molecule has 2 aliphatic rings. The summed E-state index contributed by atoms with van der Waals surface area (Å²) in [5, 5.41) is 0. The Labute approximate surface area is 126 Å². The van der Waals surface area contributed by atoms with Crippen molar-refractivity contribution in [1.82, 2.24) is 4.90 Å². The van der Waals surface area contributed by atoms with Crippen LogP contribution in [0.2, 0.25) is 0 Å². The van der Waals surface area contributed by atoms with E-state index in [9.17, 15) is 4.79 Å². The summed E-state index contributed by atoms with van der Waals surface area (Å²) in [6.07, 6.45) is 9.30. The highest BCUT2D eigenvalue weighted by Crippen LogP contribution is 2.30. The summed E-state index contributed by atoms with van der Waals surface area (Å²) in [6, 6.07) is 10.5. The minimum absolute atomic E-state index is 0.285. The SMILES string of the molecule is O=C(CC/C=C/c1ccccc1)N1CCO[C@@H]2CCC[C@H]21. The Balaban J connectivity index is 1.49. The van der Waals surface area contributed by atoms with Crippen LogP contribution in [-0.2, 0) is 9.53 Å². The number of nitrogens with zero attached hydrogens (tertiary/aromatic N) is 1. The molecule has 3 nitrogen and oxygen atoms in total. The minimum Gasteiger partial charge on any atom is -0.374 e. The number of allylic oxidation sites excluding steroid dienone is 1. The third-order valence-electron chi connectivity index (χ3n) is 4.44. The van der Waals surface area contributed by atoms with E-state index in [0.29, 0.717) is 25.2 Å². The van der Waals surface area contributed by atoms with Crippen LogP contribution in [-0.4, -0.2) is 36.1 Å². The molecule has 1 heterocycles. The molecule has 1 aromatic rings. The second-order valence-electron chi connectivity index (χ2n) is 5.85. The molecule has 2 atom stereocenters. The maximum atomic E-state index is 12.4. The minimum atomic E-state index is 0.285. The highest BCUT2D eigenvalue weighted by atomic mass is 16.5. The van der Waals surface area contributed by atoms with Crippen molar-refractivity contribution in [1.29, 1.82) is 0 Å². The number of hydrogen-bond donors (Lipinski definition) is 0. The Morgan fingerprint density at radius 3 is 3.00 bits per heavy atom. The zero-order valence-electron chi connectivity index (χ0n) is 12.4. The molecule has 0 unspecified atom stereocenters. The largest absolute Gasteiger partial charge is 0.374 e. The van der Waals surface area contributed by atoms with E-state index in [0.717, 1.165) is 25.8 Å². The summed E-state index contributed by atoms with van der Waals surface area (Å²) in [5.74, 6) is 0.285. The fraction of sp³-hybridized carbons (Fsp3) is 0.500. The van der Waals surface area contributed by atoms with Crippen LogP contribution < -0.4 is 0 Å². The topological polar surface area (TPSA) is 29.5 Å². The van der Waals surface area contributed by atoms with Crippen molar-refractivity contribution >= 4 is 12.0 Å². The number of carbonyl (C=O) groups excluding carboxylic acids is 1. The molecule has 1 aromatic carbocycles. The van der Waals surface area contributed by atoms with Crippen molar-refractivity contribution < 1.29 is 9.53 Å². The molecule has 0 radical (unpaired) electrons. The third-order valence-corrected chi connectivity index (χ3v) is 4.44. The van der Waals surface area contributed by atoms with E-state index in [1.807, 2.05) is 18.2 Å². The maximum absolute atomic E-state index is 12.4. The number of amides is 1. The van der Waals surface area contributed by atoms with Gasteiger partial charge in [0.2, 0.25) is 5.91 Å². The van der Waals surface area contributed by atoms with Gasteiger partial charge in [0.25, 0.3) is 0 Å². The van der Waals surface area contributed by atoms with Crippen molar-refractivity contribution in [2.75, 3.05) is 13.2 Å². The van der Waals surface area contributed by atoms with Gasteiger partial charge in [0, 0.05) is 13.0 Å². The van der Waals surface area contributed by atoms with Crippen molar-refractivity contribution in [2.24, 2.45) is 0 Å². The highest BCUT2D eigenvalue weighted by molar-refractivity contribution is 5.77. The van der Waals surface area contributed by atoms with Crippen LogP contribution in [0.4, 0.5) is 0 Å².